The summed E-state index contributed by atoms with van der Waals surface area (Å²) in [5, 5.41) is 0.967. The van der Waals surface area contributed by atoms with Crippen molar-refractivity contribution in [2.24, 2.45) is 0 Å². The summed E-state index contributed by atoms with van der Waals surface area (Å²) in [6.45, 7) is 6.54. The van der Waals surface area contributed by atoms with Crippen LogP contribution in [0.4, 0.5) is 0 Å². The summed E-state index contributed by atoms with van der Waals surface area (Å²) in [5.74, 6) is 0.756. The van der Waals surface area contributed by atoms with Crippen molar-refractivity contribution in [2.45, 2.75) is 46.1 Å². The van der Waals surface area contributed by atoms with E-state index in [9.17, 15) is 4.79 Å². The molecule has 2 aromatic carbocycles. The Labute approximate surface area is 173 Å². The van der Waals surface area contributed by atoms with Crippen LogP contribution in [0.15, 0.2) is 57.7 Å². The van der Waals surface area contributed by atoms with Crippen LogP contribution in [-0.4, -0.2) is 25.1 Å². The minimum Gasteiger partial charge on any atom is -0.493 e. The van der Waals surface area contributed by atoms with Crippen LogP contribution in [0.1, 0.15) is 42.4 Å². The van der Waals surface area contributed by atoms with Gasteiger partial charge in [-0.3, -0.25) is 0 Å². The lowest BCUT2D eigenvalue weighted by molar-refractivity contribution is 0.294. The summed E-state index contributed by atoms with van der Waals surface area (Å²) in [6, 6.07) is 16.3. The van der Waals surface area contributed by atoms with Gasteiger partial charge in [0.05, 0.1) is 6.61 Å². The van der Waals surface area contributed by atoms with Crippen molar-refractivity contribution >= 4 is 11.0 Å². The van der Waals surface area contributed by atoms with Crippen LogP contribution in [0, 0.1) is 13.8 Å². The number of nitrogens with zero attached hydrogens (tertiary/aromatic N) is 1. The van der Waals surface area contributed by atoms with E-state index in [4.69, 9.17) is 9.15 Å². The number of aryl methyl sites for hydroxylation is 1. The van der Waals surface area contributed by atoms with E-state index in [0.29, 0.717) is 17.8 Å². The second-order valence-corrected chi connectivity index (χ2v) is 7.78. The molecule has 0 fully saturated rings. The highest BCUT2D eigenvalue weighted by Gasteiger charge is 2.08. The van der Waals surface area contributed by atoms with Gasteiger partial charge in [0.2, 0.25) is 0 Å². The van der Waals surface area contributed by atoms with Gasteiger partial charge in [-0.25, -0.2) is 4.79 Å². The second kappa shape index (κ2) is 10.3. The van der Waals surface area contributed by atoms with Crippen molar-refractivity contribution in [1.29, 1.82) is 0 Å². The Morgan fingerprint density at radius 2 is 1.69 bits per heavy atom. The Bertz CT molecular complexity index is 979. The van der Waals surface area contributed by atoms with Crippen LogP contribution < -0.4 is 10.4 Å². The molecule has 0 atom stereocenters. The summed E-state index contributed by atoms with van der Waals surface area (Å²) in [5.41, 5.74) is 3.32. The summed E-state index contributed by atoms with van der Waals surface area (Å²) in [7, 11) is 2.18. The first kappa shape index (κ1) is 21.1. The normalized spacial score (nSPS) is 11.3. The van der Waals surface area contributed by atoms with E-state index in [1.807, 2.05) is 25.1 Å². The molecule has 0 spiro atoms. The first-order chi connectivity index (χ1) is 14.0. The number of hydrogen-bond donors (Lipinski definition) is 0. The van der Waals surface area contributed by atoms with Crippen LogP contribution >= 0.6 is 0 Å². The summed E-state index contributed by atoms with van der Waals surface area (Å²) in [6.07, 6.45) is 4.58. The monoisotopic (exact) mass is 393 g/mol. The van der Waals surface area contributed by atoms with Crippen molar-refractivity contribution in [3.8, 4) is 5.75 Å². The summed E-state index contributed by atoms with van der Waals surface area (Å²) < 4.78 is 11.3. The molecule has 0 aliphatic heterocycles. The Morgan fingerprint density at radius 1 is 0.931 bits per heavy atom. The number of hydrogen-bond acceptors (Lipinski definition) is 4. The van der Waals surface area contributed by atoms with Crippen molar-refractivity contribution in [1.82, 2.24) is 4.90 Å². The molecule has 0 aliphatic carbocycles. The lowest BCUT2D eigenvalue weighted by Crippen LogP contribution is -2.19. The van der Waals surface area contributed by atoms with Crippen molar-refractivity contribution in [3.63, 3.8) is 0 Å². The van der Waals surface area contributed by atoms with Gasteiger partial charge in [-0.2, -0.15) is 0 Å². The van der Waals surface area contributed by atoms with Crippen molar-refractivity contribution in [3.05, 3.63) is 75.6 Å². The average Bonchev–Trinajstić information content (AvgIpc) is 2.72. The molecule has 4 nitrogen and oxygen atoms in total. The number of benzene rings is 2. The average molecular weight is 394 g/mol. The first-order valence-corrected chi connectivity index (χ1v) is 10.4. The largest absolute Gasteiger partial charge is 0.493 e. The molecule has 0 unspecified atom stereocenters. The van der Waals surface area contributed by atoms with Crippen LogP contribution in [0.25, 0.3) is 11.0 Å². The lowest BCUT2D eigenvalue weighted by atomic mass is 10.1. The quantitative estimate of drug-likeness (QED) is 0.338. The number of rotatable bonds is 10. The molecule has 29 heavy (non-hydrogen) atoms. The van der Waals surface area contributed by atoms with E-state index in [2.05, 4.69) is 42.3 Å². The van der Waals surface area contributed by atoms with E-state index < -0.39 is 0 Å². The third kappa shape index (κ3) is 5.94. The molecule has 0 saturated carbocycles. The second-order valence-electron chi connectivity index (χ2n) is 7.78. The van der Waals surface area contributed by atoms with E-state index >= 15 is 0 Å². The van der Waals surface area contributed by atoms with Crippen molar-refractivity contribution in [2.75, 3.05) is 20.2 Å². The molecule has 3 aromatic rings. The van der Waals surface area contributed by atoms with Crippen LogP contribution in [0.5, 0.6) is 5.75 Å². The topological polar surface area (TPSA) is 42.7 Å². The van der Waals surface area contributed by atoms with Crippen molar-refractivity contribution < 1.29 is 9.15 Å². The lowest BCUT2D eigenvalue weighted by Gasteiger charge is -2.16. The zero-order valence-corrected chi connectivity index (χ0v) is 17.7. The Balaban J connectivity index is 1.35. The van der Waals surface area contributed by atoms with E-state index in [-0.39, 0.29) is 5.63 Å². The third-order valence-corrected chi connectivity index (χ3v) is 5.43. The van der Waals surface area contributed by atoms with E-state index in [1.165, 1.54) is 18.4 Å². The van der Waals surface area contributed by atoms with Gasteiger partial charge >= 0.3 is 5.63 Å². The maximum Gasteiger partial charge on any atom is 0.339 e. The molecule has 1 aromatic heterocycles. The van der Waals surface area contributed by atoms with Gasteiger partial charge < -0.3 is 14.1 Å². The highest BCUT2D eigenvalue weighted by atomic mass is 16.5. The molecule has 1 heterocycles. The summed E-state index contributed by atoms with van der Waals surface area (Å²) >= 11 is 0. The number of ether oxygens (including phenoxy) is 1. The maximum absolute atomic E-state index is 11.9. The molecule has 0 N–H and O–H groups in total. The first-order valence-electron chi connectivity index (χ1n) is 10.4. The van der Waals surface area contributed by atoms with Crippen LogP contribution in [0.3, 0.4) is 0 Å². The molecular weight excluding hydrogens is 362 g/mol. The molecule has 0 radical (unpaired) electrons. The molecule has 0 amide bonds. The SMILES string of the molecule is Cc1c(C)c2ccc(OCCCCCCN(C)Cc3ccccc3)cc2oc1=O. The molecule has 0 saturated heterocycles. The third-order valence-electron chi connectivity index (χ3n) is 5.43. The number of fused-ring (bicyclic) bond motifs is 1. The van der Waals surface area contributed by atoms with Gasteiger partial charge in [-0.1, -0.05) is 43.2 Å². The zero-order chi connectivity index (χ0) is 20.6. The van der Waals surface area contributed by atoms with Gasteiger partial charge in [0.1, 0.15) is 11.3 Å². The fraction of sp³-hybridized carbons (Fsp3) is 0.400. The maximum atomic E-state index is 11.9. The smallest absolute Gasteiger partial charge is 0.339 e. The Hall–Kier alpha value is -2.59. The fourth-order valence-corrected chi connectivity index (χ4v) is 3.52. The highest BCUT2D eigenvalue weighted by molar-refractivity contribution is 5.82. The zero-order valence-electron chi connectivity index (χ0n) is 17.7. The molecule has 0 bridgehead atoms. The number of unbranched alkanes of at least 4 members (excludes halogenated alkanes) is 3. The molecule has 3 rings (SSSR count). The molecule has 4 heteroatoms. The van der Waals surface area contributed by atoms with Gasteiger partial charge in [-0.05, 0) is 63.5 Å². The van der Waals surface area contributed by atoms with E-state index in [1.54, 1.807) is 6.92 Å². The Kier molecular flexibility index (Phi) is 7.48. The predicted molar refractivity (Wildman–Crippen MR) is 119 cm³/mol. The molecule has 0 aliphatic rings. The van der Waals surface area contributed by atoms with Crippen LogP contribution in [0.2, 0.25) is 0 Å². The fourth-order valence-electron chi connectivity index (χ4n) is 3.52. The van der Waals surface area contributed by atoms with Gasteiger partial charge in [-0.15, -0.1) is 0 Å². The van der Waals surface area contributed by atoms with E-state index in [0.717, 1.165) is 42.6 Å². The van der Waals surface area contributed by atoms with Gasteiger partial charge in [0, 0.05) is 23.6 Å². The summed E-state index contributed by atoms with van der Waals surface area (Å²) in [4.78, 5) is 14.2. The minimum absolute atomic E-state index is 0.274. The minimum atomic E-state index is -0.274. The van der Waals surface area contributed by atoms with Crippen LogP contribution in [-0.2, 0) is 6.54 Å². The van der Waals surface area contributed by atoms with Gasteiger partial charge in [0.15, 0.2) is 0 Å². The molecular formula is C25H31NO3. The van der Waals surface area contributed by atoms with Gasteiger partial charge in [0.25, 0.3) is 0 Å². The Morgan fingerprint density at radius 3 is 2.48 bits per heavy atom. The molecule has 154 valence electrons. The standard InChI is InChI=1S/C25H31NO3/c1-19-20(2)25(27)29-24-17-22(13-14-23(19)24)28-16-10-5-4-9-15-26(3)18-21-11-7-6-8-12-21/h6-8,11-14,17H,4-5,9-10,15-16,18H2,1-3H3. The highest BCUT2D eigenvalue weighted by Crippen LogP contribution is 2.24. The predicted octanol–water partition coefficient (Wildman–Crippen LogP) is 5.48.